The molecule has 2 aromatic carbocycles. The van der Waals surface area contributed by atoms with Crippen LogP contribution in [0.15, 0.2) is 46.4 Å². The van der Waals surface area contributed by atoms with Crippen LogP contribution in [0.25, 0.3) is 0 Å². The molecule has 11 rings (SSSR count). The zero-order valence-electron chi connectivity index (χ0n) is 32.9. The predicted molar refractivity (Wildman–Crippen MR) is 215 cm³/mol. The van der Waals surface area contributed by atoms with Gasteiger partial charge in [-0.15, -0.1) is 0 Å². The predicted octanol–water partition coefficient (Wildman–Crippen LogP) is 10.9. The highest BCUT2D eigenvalue weighted by Crippen LogP contribution is 2.51. The highest BCUT2D eigenvalue weighted by molar-refractivity contribution is 5.89. The van der Waals surface area contributed by atoms with Crippen molar-refractivity contribution in [2.75, 3.05) is 6.54 Å². The molecular weight excluding hydrogens is 677 g/mol. The maximum absolute atomic E-state index is 11.1. The minimum absolute atomic E-state index is 0.147. The van der Waals surface area contributed by atoms with Gasteiger partial charge in [0, 0.05) is 60.8 Å². The number of nitro benzene ring substituents is 2. The maximum Gasteiger partial charge on any atom is 0.269 e. The first-order valence-electron chi connectivity index (χ1n) is 21.2. The van der Waals surface area contributed by atoms with Crippen LogP contribution >= 0.6 is 0 Å². The van der Waals surface area contributed by atoms with E-state index >= 15 is 0 Å². The molecule has 9 aliphatic rings. The van der Waals surface area contributed by atoms with Gasteiger partial charge in [-0.3, -0.25) is 20.2 Å². The van der Waals surface area contributed by atoms with Gasteiger partial charge in [0.25, 0.3) is 11.4 Å². The molecule has 2 aromatic rings. The van der Waals surface area contributed by atoms with Gasteiger partial charge in [-0.2, -0.15) is 0 Å². The Bertz CT molecular complexity index is 1770. The van der Waals surface area contributed by atoms with Crippen LogP contribution < -0.4 is 0 Å². The summed E-state index contributed by atoms with van der Waals surface area (Å²) in [6, 6.07) is 12.1. The van der Waals surface area contributed by atoms with E-state index in [1.165, 1.54) is 108 Å². The van der Waals surface area contributed by atoms with E-state index in [1.54, 1.807) is 24.3 Å². The number of amidine groups is 2. The molecule has 0 spiro atoms. The van der Waals surface area contributed by atoms with Crippen molar-refractivity contribution in [1.29, 1.82) is 0 Å². The lowest BCUT2D eigenvalue weighted by molar-refractivity contribution is -0.385. The third kappa shape index (κ3) is 7.55. The first-order valence-corrected chi connectivity index (χ1v) is 21.2. The lowest BCUT2D eigenvalue weighted by Gasteiger charge is -2.41. The zero-order chi connectivity index (χ0) is 37.7. The smallest absolute Gasteiger partial charge is 0.269 e. The Morgan fingerprint density at radius 1 is 0.667 bits per heavy atom. The Hall–Kier alpha value is -3.82. The molecule has 4 unspecified atom stereocenters. The Balaban J connectivity index is 0.000000153. The number of aliphatic imine (C=N–C) groups is 2. The van der Waals surface area contributed by atoms with Crippen molar-refractivity contribution in [3.05, 3.63) is 67.8 Å². The van der Waals surface area contributed by atoms with E-state index in [4.69, 9.17) is 9.98 Å². The third-order valence-electron chi connectivity index (χ3n) is 14.5. The molecule has 0 N–H and O–H groups in total. The SMILES string of the molecule is CC[C@H](C)CN1C(=Nc2ccc([N+](=O)[O-])cc2C)C2CC3CC(C2)CC1C3.Cc1cc([N+](=O)[O-])ccc1N=C1C2CC3CC(C2)CC(C3)N1C1CCCC1. The molecule has 5 atom stereocenters. The summed E-state index contributed by atoms with van der Waals surface area (Å²) in [7, 11) is 0. The monoisotopic (exact) mass is 736 g/mol. The highest BCUT2D eigenvalue weighted by atomic mass is 16.6. The summed E-state index contributed by atoms with van der Waals surface area (Å²) in [6.07, 6.45) is 19.8. The number of nitrogens with zero attached hydrogens (tertiary/aromatic N) is 6. The van der Waals surface area contributed by atoms with Crippen molar-refractivity contribution in [1.82, 2.24) is 9.80 Å². The van der Waals surface area contributed by atoms with Gasteiger partial charge in [-0.1, -0.05) is 33.1 Å². The second-order valence-electron chi connectivity index (χ2n) is 18.4. The van der Waals surface area contributed by atoms with Gasteiger partial charge in [0.05, 0.1) is 21.2 Å². The fourth-order valence-electron chi connectivity index (χ4n) is 12.0. The molecule has 10 nitrogen and oxygen atoms in total. The molecular formula is C44H60N6O4. The van der Waals surface area contributed by atoms with Crippen LogP contribution in [0.5, 0.6) is 0 Å². The quantitative estimate of drug-likeness (QED) is 0.197. The average molecular weight is 737 g/mol. The van der Waals surface area contributed by atoms with Crippen LogP contribution in [0.3, 0.4) is 0 Å². The van der Waals surface area contributed by atoms with Crippen molar-refractivity contribution in [3.63, 3.8) is 0 Å². The number of rotatable bonds is 8. The molecule has 4 aliphatic heterocycles. The molecule has 10 heteroatoms. The maximum atomic E-state index is 11.1. The van der Waals surface area contributed by atoms with E-state index < -0.39 is 0 Å². The molecule has 9 fully saturated rings. The van der Waals surface area contributed by atoms with Gasteiger partial charge < -0.3 is 9.80 Å². The fourth-order valence-corrected chi connectivity index (χ4v) is 12.0. The molecule has 290 valence electrons. The molecule has 5 aliphatic carbocycles. The number of fused-ring (bicyclic) bond motifs is 2. The largest absolute Gasteiger partial charge is 0.357 e. The summed E-state index contributed by atoms with van der Waals surface area (Å²) in [5.41, 5.74) is 3.92. The third-order valence-corrected chi connectivity index (χ3v) is 14.5. The van der Waals surface area contributed by atoms with E-state index in [0.717, 1.165) is 52.7 Å². The van der Waals surface area contributed by atoms with Crippen LogP contribution in [0, 0.1) is 75.5 Å². The van der Waals surface area contributed by atoms with Gasteiger partial charge in [0.1, 0.15) is 11.7 Å². The number of benzene rings is 2. The summed E-state index contributed by atoms with van der Waals surface area (Å²) >= 11 is 0. The standard InChI is InChI=1S/C22H29N3O2.C22H31N3O2/c1-14-8-19(25(26)27)6-7-21(14)23-22-17-10-15-9-16(11-17)13-20(12-15)24(22)18-4-2-3-5-18;1-4-14(2)13-24-20-11-16-8-17(12-20)10-18(9-16)22(24)23-21-6-5-19(25(26)27)7-15(21)3/h6-8,15-18,20H,2-5,9-13H2,1H3;5-7,14,16-18,20H,4,8-13H2,1-3H3/t;14-,16?,17?,18?,20?/m.0/s1. The first-order chi connectivity index (χ1) is 26.0. The second-order valence-corrected chi connectivity index (χ2v) is 18.4. The lowest BCUT2D eigenvalue weighted by Crippen LogP contribution is -2.46. The highest BCUT2D eigenvalue weighted by Gasteiger charge is 2.48. The fraction of sp³-hybridized carbons (Fsp3) is 0.682. The number of hydrogen-bond donors (Lipinski definition) is 0. The van der Waals surface area contributed by atoms with Gasteiger partial charge in [0.15, 0.2) is 0 Å². The topological polar surface area (TPSA) is 117 Å². The van der Waals surface area contributed by atoms with E-state index in [-0.39, 0.29) is 21.2 Å². The summed E-state index contributed by atoms with van der Waals surface area (Å²) in [5.74, 6) is 7.84. The molecule has 0 amide bonds. The molecule has 0 radical (unpaired) electrons. The normalized spacial score (nSPS) is 33.2. The number of hydrogen-bond acceptors (Lipinski definition) is 6. The van der Waals surface area contributed by atoms with Crippen LogP contribution in [0.1, 0.15) is 121 Å². The van der Waals surface area contributed by atoms with Crippen LogP contribution in [-0.2, 0) is 0 Å². The van der Waals surface area contributed by atoms with E-state index in [9.17, 15) is 20.2 Å². The summed E-state index contributed by atoms with van der Waals surface area (Å²) in [4.78, 5) is 37.3. The first kappa shape index (κ1) is 37.1. The minimum atomic E-state index is -0.328. The van der Waals surface area contributed by atoms with E-state index in [2.05, 4.69) is 23.6 Å². The molecule has 4 saturated heterocycles. The number of nitro groups is 2. The van der Waals surface area contributed by atoms with Crippen molar-refractivity contribution >= 4 is 34.4 Å². The Labute approximate surface area is 321 Å². The van der Waals surface area contributed by atoms with Crippen molar-refractivity contribution in [2.45, 2.75) is 142 Å². The Morgan fingerprint density at radius 2 is 1.13 bits per heavy atom. The number of aryl methyl sites for hydroxylation is 2. The zero-order valence-corrected chi connectivity index (χ0v) is 32.9. The second kappa shape index (κ2) is 15.4. The molecule has 5 saturated carbocycles. The Morgan fingerprint density at radius 3 is 1.59 bits per heavy atom. The van der Waals surface area contributed by atoms with Crippen molar-refractivity contribution in [3.8, 4) is 0 Å². The summed E-state index contributed by atoms with van der Waals surface area (Å²) in [5, 5.41) is 22.1. The minimum Gasteiger partial charge on any atom is -0.357 e. The van der Waals surface area contributed by atoms with E-state index in [1.807, 2.05) is 26.0 Å². The van der Waals surface area contributed by atoms with Gasteiger partial charge in [0.2, 0.25) is 0 Å². The summed E-state index contributed by atoms with van der Waals surface area (Å²) in [6.45, 7) is 9.58. The summed E-state index contributed by atoms with van der Waals surface area (Å²) < 4.78 is 0. The van der Waals surface area contributed by atoms with Crippen LogP contribution in [0.2, 0.25) is 0 Å². The molecule has 54 heavy (non-hydrogen) atoms. The average Bonchev–Trinajstić information content (AvgIpc) is 3.56. The molecule has 8 bridgehead atoms. The van der Waals surface area contributed by atoms with Crippen LogP contribution in [0.4, 0.5) is 22.7 Å². The number of non-ortho nitro benzene ring substituents is 2. The molecule has 0 aromatic heterocycles. The lowest BCUT2D eigenvalue weighted by atomic mass is 9.68. The van der Waals surface area contributed by atoms with Crippen molar-refractivity contribution in [2.24, 2.45) is 51.4 Å². The van der Waals surface area contributed by atoms with E-state index in [0.29, 0.717) is 35.9 Å². The van der Waals surface area contributed by atoms with Gasteiger partial charge >= 0.3 is 0 Å². The van der Waals surface area contributed by atoms with Crippen molar-refractivity contribution < 1.29 is 9.85 Å². The van der Waals surface area contributed by atoms with Gasteiger partial charge in [-0.05, 0) is 144 Å². The van der Waals surface area contributed by atoms with Gasteiger partial charge in [-0.25, -0.2) is 9.98 Å². The van der Waals surface area contributed by atoms with Crippen LogP contribution in [-0.4, -0.2) is 56.0 Å². The molecule has 4 heterocycles. The Kier molecular flexibility index (Phi) is 10.6.